The Kier molecular flexibility index (Phi) is 5.78. The van der Waals surface area contributed by atoms with E-state index in [-0.39, 0.29) is 12.6 Å². The maximum Gasteiger partial charge on any atom is 0.209 e. The van der Waals surface area contributed by atoms with E-state index in [1.54, 1.807) is 0 Å². The molecule has 19 heavy (non-hydrogen) atoms. The second-order valence-corrected chi connectivity index (χ2v) is 6.23. The third-order valence-corrected chi connectivity index (χ3v) is 3.71. The van der Waals surface area contributed by atoms with Gasteiger partial charge in [0.2, 0.25) is 10.0 Å². The first-order chi connectivity index (χ1) is 8.91. The summed E-state index contributed by atoms with van der Waals surface area (Å²) in [4.78, 5) is 2.21. The number of nitrogens with two attached hydrogens (primary N) is 1. The van der Waals surface area contributed by atoms with Gasteiger partial charge in [-0.05, 0) is 31.5 Å². The van der Waals surface area contributed by atoms with Crippen LogP contribution in [0.2, 0.25) is 0 Å². The fourth-order valence-electron chi connectivity index (χ4n) is 2.04. The molecule has 0 bridgehead atoms. The van der Waals surface area contributed by atoms with Crippen LogP contribution in [0.1, 0.15) is 25.5 Å². The van der Waals surface area contributed by atoms with Crippen molar-refractivity contribution in [1.82, 2.24) is 4.72 Å². The zero-order chi connectivity index (χ0) is 14.5. The van der Waals surface area contributed by atoms with Crippen LogP contribution in [0.5, 0.6) is 0 Å². The molecular formula is C13H23N3O2S. The fraction of sp³-hybridized carbons (Fsp3) is 0.538. The van der Waals surface area contributed by atoms with Crippen molar-refractivity contribution < 1.29 is 8.42 Å². The minimum Gasteiger partial charge on any atom is -0.372 e. The number of nitrogens with one attached hydrogen (secondary N) is 1. The summed E-state index contributed by atoms with van der Waals surface area (Å²) in [6.07, 6.45) is 1.14. The van der Waals surface area contributed by atoms with Gasteiger partial charge < -0.3 is 10.6 Å². The van der Waals surface area contributed by atoms with Gasteiger partial charge in [0, 0.05) is 25.3 Å². The Balaban J connectivity index is 3.02. The van der Waals surface area contributed by atoms with Crippen LogP contribution in [0.4, 0.5) is 5.69 Å². The average Bonchev–Trinajstić information content (AvgIpc) is 2.37. The first-order valence-corrected chi connectivity index (χ1v) is 8.32. The molecule has 5 nitrogen and oxygen atoms in total. The van der Waals surface area contributed by atoms with Gasteiger partial charge in [-0.15, -0.1) is 0 Å². The average molecular weight is 285 g/mol. The van der Waals surface area contributed by atoms with Gasteiger partial charge >= 0.3 is 0 Å². The van der Waals surface area contributed by atoms with Crippen LogP contribution in [0.25, 0.3) is 0 Å². The van der Waals surface area contributed by atoms with E-state index in [9.17, 15) is 8.42 Å². The van der Waals surface area contributed by atoms with Crippen LogP contribution in [-0.2, 0) is 10.0 Å². The van der Waals surface area contributed by atoms with E-state index >= 15 is 0 Å². The van der Waals surface area contributed by atoms with Crippen molar-refractivity contribution in [3.05, 3.63) is 29.8 Å². The number of anilines is 1. The van der Waals surface area contributed by atoms with Crippen LogP contribution in [0, 0.1) is 0 Å². The van der Waals surface area contributed by atoms with Crippen LogP contribution >= 0.6 is 0 Å². The Labute approximate surface area is 115 Å². The van der Waals surface area contributed by atoms with Crippen molar-refractivity contribution in [2.75, 3.05) is 30.8 Å². The molecule has 1 unspecified atom stereocenters. The summed E-state index contributed by atoms with van der Waals surface area (Å²) in [5.74, 6) is 0. The van der Waals surface area contributed by atoms with E-state index < -0.39 is 10.0 Å². The molecule has 0 radical (unpaired) electrons. The molecule has 108 valence electrons. The van der Waals surface area contributed by atoms with Crippen molar-refractivity contribution in [3.8, 4) is 0 Å². The van der Waals surface area contributed by atoms with Crippen molar-refractivity contribution in [2.24, 2.45) is 5.73 Å². The summed E-state index contributed by atoms with van der Waals surface area (Å²) in [6, 6.07) is 7.44. The molecule has 3 N–H and O–H groups in total. The zero-order valence-corrected chi connectivity index (χ0v) is 12.6. The van der Waals surface area contributed by atoms with Gasteiger partial charge in [0.05, 0.1) is 12.3 Å². The molecule has 6 heteroatoms. The maximum atomic E-state index is 11.3. The minimum atomic E-state index is -3.27. The lowest BCUT2D eigenvalue weighted by Gasteiger charge is -2.23. The fourth-order valence-corrected chi connectivity index (χ4v) is 2.79. The first-order valence-electron chi connectivity index (χ1n) is 6.43. The molecule has 1 rings (SSSR count). The number of rotatable bonds is 7. The van der Waals surface area contributed by atoms with Crippen LogP contribution in [0.3, 0.4) is 0 Å². The minimum absolute atomic E-state index is 0.231. The molecule has 1 aromatic rings. The number of hydrogen-bond acceptors (Lipinski definition) is 4. The molecular weight excluding hydrogens is 262 g/mol. The lowest BCUT2D eigenvalue weighted by atomic mass is 10.1. The molecule has 1 atom stereocenters. The molecule has 0 amide bonds. The summed E-state index contributed by atoms with van der Waals surface area (Å²) in [5, 5.41) is 0. The Morgan fingerprint density at radius 1 is 1.32 bits per heavy atom. The van der Waals surface area contributed by atoms with Crippen molar-refractivity contribution >= 4 is 15.7 Å². The Morgan fingerprint density at radius 3 is 2.42 bits per heavy atom. The molecule has 0 saturated heterocycles. The quantitative estimate of drug-likeness (QED) is 0.786. The van der Waals surface area contributed by atoms with Crippen molar-refractivity contribution in [2.45, 2.75) is 19.9 Å². The van der Waals surface area contributed by atoms with Gasteiger partial charge in [0.1, 0.15) is 0 Å². The van der Waals surface area contributed by atoms with E-state index in [1.165, 1.54) is 0 Å². The van der Waals surface area contributed by atoms with E-state index in [4.69, 9.17) is 5.73 Å². The molecule has 0 fully saturated rings. The molecule has 0 aliphatic heterocycles. The number of sulfonamides is 1. The maximum absolute atomic E-state index is 11.3. The highest BCUT2D eigenvalue weighted by atomic mass is 32.2. The van der Waals surface area contributed by atoms with Crippen LogP contribution in [0.15, 0.2) is 24.3 Å². The van der Waals surface area contributed by atoms with Gasteiger partial charge in [0.25, 0.3) is 0 Å². The third kappa shape index (κ3) is 4.81. The van der Waals surface area contributed by atoms with Crippen molar-refractivity contribution in [1.29, 1.82) is 0 Å². The van der Waals surface area contributed by atoms with E-state index in [0.717, 1.165) is 30.6 Å². The molecule has 0 aliphatic rings. The molecule has 0 spiro atoms. The van der Waals surface area contributed by atoms with Gasteiger partial charge in [-0.3, -0.25) is 0 Å². The lowest BCUT2D eigenvalue weighted by Crippen LogP contribution is -2.32. The largest absolute Gasteiger partial charge is 0.372 e. The highest BCUT2D eigenvalue weighted by Crippen LogP contribution is 2.20. The predicted molar refractivity (Wildman–Crippen MR) is 79.8 cm³/mol. The summed E-state index contributed by atoms with van der Waals surface area (Å²) in [6.45, 7) is 6.23. The number of benzene rings is 1. The highest BCUT2D eigenvalue weighted by molar-refractivity contribution is 7.88. The second kappa shape index (κ2) is 6.88. The normalized spacial score (nSPS) is 13.3. The lowest BCUT2D eigenvalue weighted by molar-refractivity contribution is 0.564. The molecule has 0 aliphatic carbocycles. The Bertz CT molecular complexity index is 498. The smallest absolute Gasteiger partial charge is 0.209 e. The van der Waals surface area contributed by atoms with Gasteiger partial charge in [-0.2, -0.15) is 0 Å². The summed E-state index contributed by atoms with van der Waals surface area (Å²) in [7, 11) is -3.27. The number of hydrogen-bond donors (Lipinski definition) is 2. The third-order valence-electron chi connectivity index (χ3n) is 2.99. The van der Waals surface area contributed by atoms with Crippen LogP contribution in [-0.4, -0.2) is 34.3 Å². The number of nitrogens with zero attached hydrogens (tertiary/aromatic N) is 1. The zero-order valence-electron chi connectivity index (χ0n) is 11.8. The van der Waals surface area contributed by atoms with Gasteiger partial charge in [-0.1, -0.05) is 12.1 Å². The first kappa shape index (κ1) is 15.9. The van der Waals surface area contributed by atoms with Crippen LogP contribution < -0.4 is 15.4 Å². The monoisotopic (exact) mass is 285 g/mol. The standard InChI is InChI=1S/C13H23N3O2S/c1-4-16(5-2)12-8-6-7-11(9-12)13(10-14)15-19(3,17)18/h6-9,13,15H,4-5,10,14H2,1-3H3. The van der Waals surface area contributed by atoms with E-state index in [2.05, 4.69) is 23.5 Å². The molecule has 0 heterocycles. The Hall–Kier alpha value is -1.11. The van der Waals surface area contributed by atoms with Crippen molar-refractivity contribution in [3.63, 3.8) is 0 Å². The molecule has 1 aromatic carbocycles. The predicted octanol–water partition coefficient (Wildman–Crippen LogP) is 1.08. The van der Waals surface area contributed by atoms with Gasteiger partial charge in [0.15, 0.2) is 0 Å². The summed E-state index contributed by atoms with van der Waals surface area (Å²) in [5.41, 5.74) is 7.63. The highest BCUT2D eigenvalue weighted by Gasteiger charge is 2.15. The second-order valence-electron chi connectivity index (χ2n) is 4.45. The molecule has 0 aromatic heterocycles. The van der Waals surface area contributed by atoms with E-state index in [1.807, 2.05) is 24.3 Å². The summed E-state index contributed by atoms with van der Waals surface area (Å²) < 4.78 is 25.2. The van der Waals surface area contributed by atoms with Gasteiger partial charge in [-0.25, -0.2) is 13.1 Å². The SMILES string of the molecule is CCN(CC)c1cccc(C(CN)NS(C)(=O)=O)c1. The topological polar surface area (TPSA) is 75.4 Å². The van der Waals surface area contributed by atoms with E-state index in [0.29, 0.717) is 0 Å². The molecule has 0 saturated carbocycles. The Morgan fingerprint density at radius 2 is 1.95 bits per heavy atom. The summed E-state index contributed by atoms with van der Waals surface area (Å²) >= 11 is 0.